The minimum Gasteiger partial charge on any atom is -0.478 e. The van der Waals surface area contributed by atoms with Crippen LogP contribution in [0.3, 0.4) is 0 Å². The Morgan fingerprint density at radius 2 is 1.86 bits per heavy atom. The summed E-state index contributed by atoms with van der Waals surface area (Å²) < 4.78 is 0. The summed E-state index contributed by atoms with van der Waals surface area (Å²) >= 11 is 0. The Morgan fingerprint density at radius 3 is 2.50 bits per heavy atom. The van der Waals surface area contributed by atoms with Gasteiger partial charge in [-0.3, -0.25) is 0 Å². The molecule has 1 aromatic rings. The smallest absolute Gasteiger partial charge is 0.335 e. The van der Waals surface area contributed by atoms with Crippen LogP contribution in [0.2, 0.25) is 0 Å². The van der Waals surface area contributed by atoms with Gasteiger partial charge in [0.1, 0.15) is 0 Å². The van der Waals surface area contributed by atoms with Gasteiger partial charge < -0.3 is 15.3 Å². The van der Waals surface area contributed by atoms with E-state index < -0.39 is 5.97 Å². The van der Waals surface area contributed by atoms with Gasteiger partial charge in [0.15, 0.2) is 0 Å². The van der Waals surface area contributed by atoms with Crippen molar-refractivity contribution < 1.29 is 14.7 Å². The van der Waals surface area contributed by atoms with Gasteiger partial charge in [0.2, 0.25) is 0 Å². The van der Waals surface area contributed by atoms with Gasteiger partial charge in [-0.05, 0) is 42.4 Å². The van der Waals surface area contributed by atoms with Crippen molar-refractivity contribution in [1.29, 1.82) is 0 Å². The van der Waals surface area contributed by atoms with Crippen LogP contribution in [0.25, 0.3) is 0 Å². The van der Waals surface area contributed by atoms with E-state index in [-0.39, 0.29) is 11.6 Å². The molecule has 2 rings (SSSR count). The number of likely N-dealkylation sites (tertiary alicyclic amines) is 1. The molecular formula is C17H24N2O3. The molecule has 0 radical (unpaired) electrons. The van der Waals surface area contributed by atoms with Gasteiger partial charge in [0, 0.05) is 19.6 Å². The number of hydrogen-bond acceptors (Lipinski definition) is 2. The maximum Gasteiger partial charge on any atom is 0.335 e. The number of hydrogen-bond donors (Lipinski definition) is 2. The van der Waals surface area contributed by atoms with Crippen molar-refractivity contribution in [3.05, 3.63) is 35.4 Å². The third kappa shape index (κ3) is 4.48. The zero-order valence-electron chi connectivity index (χ0n) is 13.3. The molecule has 1 aliphatic rings. The summed E-state index contributed by atoms with van der Waals surface area (Å²) in [6, 6.07) is 6.53. The fraction of sp³-hybridized carbons (Fsp3) is 0.529. The van der Waals surface area contributed by atoms with Crippen molar-refractivity contribution in [2.75, 3.05) is 13.1 Å². The van der Waals surface area contributed by atoms with Gasteiger partial charge >= 0.3 is 12.0 Å². The minimum atomic E-state index is -0.942. The second-order valence-corrected chi connectivity index (χ2v) is 6.67. The number of benzene rings is 1. The standard InChI is InChI=1S/C17H24N2O3/c1-17(2)8-3-10-19(11-9-17)16(22)18-12-13-4-6-14(7-5-13)15(20)21/h4-7H,3,8-12H2,1-2H3,(H,18,22)(H,20,21). The molecule has 1 fully saturated rings. The van der Waals surface area contributed by atoms with Gasteiger partial charge in [-0.15, -0.1) is 0 Å². The molecule has 0 saturated carbocycles. The van der Waals surface area contributed by atoms with E-state index in [1.165, 1.54) is 0 Å². The fourth-order valence-electron chi connectivity index (χ4n) is 2.68. The lowest BCUT2D eigenvalue weighted by atomic mass is 9.85. The number of aromatic carboxylic acids is 1. The van der Waals surface area contributed by atoms with Crippen LogP contribution in [0.4, 0.5) is 4.79 Å². The molecule has 2 amide bonds. The zero-order valence-corrected chi connectivity index (χ0v) is 13.3. The Bertz CT molecular complexity index is 537. The molecule has 1 aromatic carbocycles. The average Bonchev–Trinajstić information content (AvgIpc) is 2.66. The fourth-order valence-corrected chi connectivity index (χ4v) is 2.68. The van der Waals surface area contributed by atoms with Crippen LogP contribution in [0.1, 0.15) is 49.0 Å². The Balaban J connectivity index is 1.85. The normalized spacial score (nSPS) is 17.6. The van der Waals surface area contributed by atoms with Crippen LogP contribution in [0.15, 0.2) is 24.3 Å². The van der Waals surface area contributed by atoms with Crippen LogP contribution in [0.5, 0.6) is 0 Å². The molecule has 1 saturated heterocycles. The molecule has 0 spiro atoms. The first-order valence-electron chi connectivity index (χ1n) is 7.72. The molecule has 5 nitrogen and oxygen atoms in total. The number of carbonyl (C=O) groups excluding carboxylic acids is 1. The Morgan fingerprint density at radius 1 is 1.18 bits per heavy atom. The number of amides is 2. The predicted molar refractivity (Wildman–Crippen MR) is 84.8 cm³/mol. The Labute approximate surface area is 131 Å². The average molecular weight is 304 g/mol. The third-order valence-electron chi connectivity index (χ3n) is 4.27. The molecule has 0 aromatic heterocycles. The van der Waals surface area contributed by atoms with Gasteiger partial charge in [0.05, 0.1) is 5.56 Å². The first kappa shape index (κ1) is 16.3. The molecular weight excluding hydrogens is 280 g/mol. The van der Waals surface area contributed by atoms with Crippen LogP contribution in [-0.4, -0.2) is 35.1 Å². The molecule has 1 heterocycles. The van der Waals surface area contributed by atoms with Crippen molar-refractivity contribution in [3.8, 4) is 0 Å². The molecule has 2 N–H and O–H groups in total. The number of nitrogens with one attached hydrogen (secondary N) is 1. The lowest BCUT2D eigenvalue weighted by molar-refractivity contribution is 0.0697. The highest BCUT2D eigenvalue weighted by molar-refractivity contribution is 5.87. The van der Waals surface area contributed by atoms with E-state index in [4.69, 9.17) is 5.11 Å². The monoisotopic (exact) mass is 304 g/mol. The molecule has 120 valence electrons. The van der Waals surface area contributed by atoms with Crippen molar-refractivity contribution in [3.63, 3.8) is 0 Å². The van der Waals surface area contributed by atoms with Crippen molar-refractivity contribution in [2.45, 2.75) is 39.7 Å². The Hall–Kier alpha value is -2.04. The zero-order chi connectivity index (χ0) is 16.2. The molecule has 0 bridgehead atoms. The summed E-state index contributed by atoms with van der Waals surface area (Å²) in [6.07, 6.45) is 3.20. The van der Waals surface area contributed by atoms with Gasteiger partial charge in [-0.2, -0.15) is 0 Å². The van der Waals surface area contributed by atoms with Crippen LogP contribution < -0.4 is 5.32 Å². The van der Waals surface area contributed by atoms with Gasteiger partial charge in [-0.1, -0.05) is 26.0 Å². The SMILES string of the molecule is CC1(C)CCCN(C(=O)NCc2ccc(C(=O)O)cc2)CC1. The summed E-state index contributed by atoms with van der Waals surface area (Å²) in [5.41, 5.74) is 1.46. The number of nitrogens with zero attached hydrogens (tertiary/aromatic N) is 1. The molecule has 22 heavy (non-hydrogen) atoms. The van der Waals surface area contributed by atoms with Gasteiger partial charge in [0.25, 0.3) is 0 Å². The number of carbonyl (C=O) groups is 2. The van der Waals surface area contributed by atoms with Crippen molar-refractivity contribution in [1.82, 2.24) is 10.2 Å². The summed E-state index contributed by atoms with van der Waals surface area (Å²) in [4.78, 5) is 24.9. The maximum absolute atomic E-state index is 12.2. The van der Waals surface area contributed by atoms with Gasteiger partial charge in [-0.25, -0.2) is 9.59 Å². The molecule has 5 heteroatoms. The lowest BCUT2D eigenvalue weighted by Crippen LogP contribution is -2.40. The quantitative estimate of drug-likeness (QED) is 0.901. The molecule has 0 atom stereocenters. The number of rotatable bonds is 3. The maximum atomic E-state index is 12.2. The summed E-state index contributed by atoms with van der Waals surface area (Å²) in [5.74, 6) is -0.942. The number of urea groups is 1. The van der Waals surface area contributed by atoms with E-state index in [9.17, 15) is 9.59 Å². The van der Waals surface area contributed by atoms with Crippen molar-refractivity contribution >= 4 is 12.0 Å². The van der Waals surface area contributed by atoms with E-state index in [2.05, 4.69) is 19.2 Å². The molecule has 0 unspecified atom stereocenters. The summed E-state index contributed by atoms with van der Waals surface area (Å²) in [5, 5.41) is 11.8. The lowest BCUT2D eigenvalue weighted by Gasteiger charge is -2.23. The largest absolute Gasteiger partial charge is 0.478 e. The molecule has 0 aliphatic carbocycles. The second kappa shape index (κ2) is 6.81. The summed E-state index contributed by atoms with van der Waals surface area (Å²) in [7, 11) is 0. The number of carboxylic acids is 1. The van der Waals surface area contributed by atoms with E-state index in [1.54, 1.807) is 24.3 Å². The Kier molecular flexibility index (Phi) is 5.06. The minimum absolute atomic E-state index is 0.0417. The summed E-state index contributed by atoms with van der Waals surface area (Å²) in [6.45, 7) is 6.50. The van der Waals surface area contributed by atoms with E-state index in [0.29, 0.717) is 12.0 Å². The first-order valence-corrected chi connectivity index (χ1v) is 7.72. The van der Waals surface area contributed by atoms with E-state index in [0.717, 1.165) is 37.9 Å². The van der Waals surface area contributed by atoms with Crippen LogP contribution >= 0.6 is 0 Å². The predicted octanol–water partition coefficient (Wildman–Crippen LogP) is 3.11. The van der Waals surface area contributed by atoms with Crippen molar-refractivity contribution in [2.24, 2.45) is 5.41 Å². The highest BCUT2D eigenvalue weighted by Gasteiger charge is 2.25. The van der Waals surface area contributed by atoms with Crippen LogP contribution in [-0.2, 0) is 6.54 Å². The highest BCUT2D eigenvalue weighted by atomic mass is 16.4. The first-order chi connectivity index (χ1) is 10.4. The second-order valence-electron chi connectivity index (χ2n) is 6.67. The topological polar surface area (TPSA) is 69.6 Å². The number of carboxylic acid groups (broad SMARTS) is 1. The molecule has 1 aliphatic heterocycles. The highest BCUT2D eigenvalue weighted by Crippen LogP contribution is 2.29. The van der Waals surface area contributed by atoms with E-state index >= 15 is 0 Å². The third-order valence-corrected chi connectivity index (χ3v) is 4.27. The van der Waals surface area contributed by atoms with Crippen LogP contribution in [0, 0.1) is 5.41 Å². The van der Waals surface area contributed by atoms with E-state index in [1.807, 2.05) is 4.90 Å².